The fourth-order valence-electron chi connectivity index (χ4n) is 2.53. The number of furan rings is 1. The predicted octanol–water partition coefficient (Wildman–Crippen LogP) is 2.20. The minimum Gasteiger partial charge on any atom is -0.469 e. The molecule has 4 nitrogen and oxygen atoms in total. The van der Waals surface area contributed by atoms with Crippen LogP contribution in [0.1, 0.15) is 38.4 Å². The molecule has 2 rings (SSSR count). The molecule has 1 saturated heterocycles. The number of carbonyl (C=O) groups excluding carboxylic acids is 1. The van der Waals surface area contributed by atoms with E-state index in [-0.39, 0.29) is 5.91 Å². The van der Waals surface area contributed by atoms with E-state index in [1.165, 1.54) is 32.4 Å². The summed E-state index contributed by atoms with van der Waals surface area (Å²) < 4.78 is 5.22. The van der Waals surface area contributed by atoms with Gasteiger partial charge in [0, 0.05) is 25.4 Å². The minimum atomic E-state index is 0.111. The quantitative estimate of drug-likeness (QED) is 0.856. The van der Waals surface area contributed by atoms with E-state index in [9.17, 15) is 4.79 Å². The van der Waals surface area contributed by atoms with Gasteiger partial charge in [-0.25, -0.2) is 0 Å². The number of hydrogen-bond donors (Lipinski definition) is 1. The molecule has 0 saturated carbocycles. The number of carbonyl (C=O) groups is 1. The van der Waals surface area contributed by atoms with Crippen LogP contribution in [0.3, 0.4) is 0 Å². The number of likely N-dealkylation sites (tertiary alicyclic amines) is 1. The predicted molar refractivity (Wildman–Crippen MR) is 74.9 cm³/mol. The summed E-state index contributed by atoms with van der Waals surface area (Å²) in [6, 6.07) is 4.20. The van der Waals surface area contributed by atoms with Crippen molar-refractivity contribution in [1.29, 1.82) is 0 Å². The zero-order valence-electron chi connectivity index (χ0n) is 11.7. The molecule has 19 heavy (non-hydrogen) atoms. The van der Waals surface area contributed by atoms with E-state index in [2.05, 4.69) is 17.1 Å². The molecule has 1 amide bonds. The Bertz CT molecular complexity index is 370. The summed E-state index contributed by atoms with van der Waals surface area (Å²) in [6.45, 7) is 5.28. The third-order valence-electron chi connectivity index (χ3n) is 3.79. The molecule has 1 aromatic rings. The van der Waals surface area contributed by atoms with Gasteiger partial charge in [-0.15, -0.1) is 0 Å². The monoisotopic (exact) mass is 264 g/mol. The normalized spacial score (nSPS) is 18.2. The molecule has 1 aliphatic heterocycles. The van der Waals surface area contributed by atoms with E-state index < -0.39 is 0 Å². The lowest BCUT2D eigenvalue weighted by molar-refractivity contribution is -0.121. The Hall–Kier alpha value is -1.29. The maximum atomic E-state index is 11.8. The first-order chi connectivity index (χ1) is 9.25. The molecule has 4 heteroatoms. The molecule has 2 heterocycles. The molecule has 1 aliphatic rings. The van der Waals surface area contributed by atoms with Crippen molar-refractivity contribution in [1.82, 2.24) is 10.2 Å². The number of hydrogen-bond acceptors (Lipinski definition) is 3. The van der Waals surface area contributed by atoms with Crippen LogP contribution in [-0.4, -0.2) is 36.5 Å². The van der Waals surface area contributed by atoms with Crippen molar-refractivity contribution in [3.63, 3.8) is 0 Å². The molecular weight excluding hydrogens is 240 g/mol. The zero-order chi connectivity index (χ0) is 13.5. The summed E-state index contributed by atoms with van der Waals surface area (Å²) in [4.78, 5) is 14.2. The van der Waals surface area contributed by atoms with Crippen LogP contribution in [0.4, 0.5) is 0 Å². The average molecular weight is 264 g/mol. The lowest BCUT2D eigenvalue weighted by atomic mass is 10.1. The molecule has 106 valence electrons. The van der Waals surface area contributed by atoms with Crippen molar-refractivity contribution in [2.24, 2.45) is 0 Å². The Morgan fingerprint density at radius 2 is 2.21 bits per heavy atom. The Balaban J connectivity index is 1.62. The van der Waals surface area contributed by atoms with Gasteiger partial charge in [0.25, 0.3) is 0 Å². The van der Waals surface area contributed by atoms with Crippen LogP contribution in [0.15, 0.2) is 22.8 Å². The molecule has 0 aromatic carbocycles. The first-order valence-corrected chi connectivity index (χ1v) is 7.29. The van der Waals surface area contributed by atoms with Crippen LogP contribution in [0, 0.1) is 0 Å². The molecule has 0 spiro atoms. The molecule has 0 bridgehead atoms. The third kappa shape index (κ3) is 4.71. The Morgan fingerprint density at radius 1 is 1.42 bits per heavy atom. The summed E-state index contributed by atoms with van der Waals surface area (Å²) in [5.41, 5.74) is 0. The van der Waals surface area contributed by atoms with Crippen LogP contribution in [0.25, 0.3) is 0 Å². The summed E-state index contributed by atoms with van der Waals surface area (Å²) in [6.07, 6.45) is 6.75. The topological polar surface area (TPSA) is 45.5 Å². The fourth-order valence-corrected chi connectivity index (χ4v) is 2.53. The molecule has 1 N–H and O–H groups in total. The minimum absolute atomic E-state index is 0.111. The van der Waals surface area contributed by atoms with Crippen LogP contribution >= 0.6 is 0 Å². The van der Waals surface area contributed by atoms with Gasteiger partial charge in [0.1, 0.15) is 5.76 Å². The summed E-state index contributed by atoms with van der Waals surface area (Å²) >= 11 is 0. The maximum Gasteiger partial charge on any atom is 0.220 e. The lowest BCUT2D eigenvalue weighted by Gasteiger charge is -2.32. The van der Waals surface area contributed by atoms with Gasteiger partial charge in [0.15, 0.2) is 0 Å². The van der Waals surface area contributed by atoms with Crippen molar-refractivity contribution in [2.75, 3.05) is 19.6 Å². The van der Waals surface area contributed by atoms with Crippen LogP contribution < -0.4 is 5.32 Å². The third-order valence-corrected chi connectivity index (χ3v) is 3.79. The Labute approximate surface area is 115 Å². The second kappa shape index (κ2) is 7.34. The van der Waals surface area contributed by atoms with Gasteiger partial charge in [0.2, 0.25) is 5.91 Å². The highest BCUT2D eigenvalue weighted by Crippen LogP contribution is 2.11. The van der Waals surface area contributed by atoms with Crippen LogP contribution in [-0.2, 0) is 11.2 Å². The van der Waals surface area contributed by atoms with E-state index in [0.29, 0.717) is 18.9 Å². The summed E-state index contributed by atoms with van der Waals surface area (Å²) in [7, 11) is 0. The molecule has 0 aliphatic carbocycles. The van der Waals surface area contributed by atoms with Gasteiger partial charge < -0.3 is 9.73 Å². The summed E-state index contributed by atoms with van der Waals surface area (Å²) in [5, 5.41) is 3.02. The highest BCUT2D eigenvalue weighted by Gasteiger charge is 2.16. The van der Waals surface area contributed by atoms with Gasteiger partial charge in [-0.3, -0.25) is 9.69 Å². The van der Waals surface area contributed by atoms with Crippen molar-refractivity contribution in [3.05, 3.63) is 24.2 Å². The zero-order valence-corrected chi connectivity index (χ0v) is 11.7. The number of piperidine rings is 1. The number of nitrogens with zero attached hydrogens (tertiary/aromatic N) is 1. The molecule has 1 atom stereocenters. The molecule has 1 aromatic heterocycles. The first kappa shape index (κ1) is 14.1. The van der Waals surface area contributed by atoms with Crippen LogP contribution in [0.5, 0.6) is 0 Å². The van der Waals surface area contributed by atoms with Gasteiger partial charge in [0.05, 0.1) is 6.26 Å². The number of nitrogens with one attached hydrogen (secondary N) is 1. The smallest absolute Gasteiger partial charge is 0.220 e. The van der Waals surface area contributed by atoms with E-state index in [1.54, 1.807) is 6.26 Å². The second-order valence-corrected chi connectivity index (χ2v) is 5.33. The van der Waals surface area contributed by atoms with Gasteiger partial charge in [-0.1, -0.05) is 6.42 Å². The van der Waals surface area contributed by atoms with Crippen molar-refractivity contribution in [3.8, 4) is 0 Å². The average Bonchev–Trinajstić information content (AvgIpc) is 2.96. The molecular formula is C15H24N2O2. The van der Waals surface area contributed by atoms with Crippen LogP contribution in [0.2, 0.25) is 0 Å². The SMILES string of the molecule is CC(CNC(=O)CCc1ccco1)N1CCCCC1. The van der Waals surface area contributed by atoms with E-state index >= 15 is 0 Å². The number of rotatable bonds is 6. The highest BCUT2D eigenvalue weighted by atomic mass is 16.3. The molecule has 1 fully saturated rings. The number of amides is 1. The van der Waals surface area contributed by atoms with Crippen molar-refractivity contribution in [2.45, 2.75) is 45.1 Å². The van der Waals surface area contributed by atoms with E-state index in [4.69, 9.17) is 4.42 Å². The Morgan fingerprint density at radius 3 is 2.89 bits per heavy atom. The highest BCUT2D eigenvalue weighted by molar-refractivity contribution is 5.76. The lowest BCUT2D eigenvalue weighted by Crippen LogP contribution is -2.44. The Kier molecular flexibility index (Phi) is 5.45. The second-order valence-electron chi connectivity index (χ2n) is 5.33. The van der Waals surface area contributed by atoms with Gasteiger partial charge >= 0.3 is 0 Å². The molecule has 1 unspecified atom stereocenters. The van der Waals surface area contributed by atoms with E-state index in [0.717, 1.165) is 12.3 Å². The summed E-state index contributed by atoms with van der Waals surface area (Å²) in [5.74, 6) is 0.986. The largest absolute Gasteiger partial charge is 0.469 e. The standard InChI is InChI=1S/C15H24N2O2/c1-13(17-9-3-2-4-10-17)12-16-15(18)8-7-14-6-5-11-19-14/h5-6,11,13H,2-4,7-10,12H2,1H3,(H,16,18). The first-order valence-electron chi connectivity index (χ1n) is 7.29. The van der Waals surface area contributed by atoms with Gasteiger partial charge in [-0.05, 0) is 45.0 Å². The van der Waals surface area contributed by atoms with Crippen molar-refractivity contribution < 1.29 is 9.21 Å². The maximum absolute atomic E-state index is 11.8. The van der Waals surface area contributed by atoms with Gasteiger partial charge in [-0.2, -0.15) is 0 Å². The molecule has 0 radical (unpaired) electrons. The number of aryl methyl sites for hydroxylation is 1. The van der Waals surface area contributed by atoms with E-state index in [1.807, 2.05) is 12.1 Å². The van der Waals surface area contributed by atoms with Crippen molar-refractivity contribution >= 4 is 5.91 Å². The fraction of sp³-hybridized carbons (Fsp3) is 0.667.